The Bertz CT molecular complexity index is 978. The molecule has 6 heteroatoms. The number of piperidine rings is 1. The first-order chi connectivity index (χ1) is 14.9. The lowest BCUT2D eigenvalue weighted by molar-refractivity contribution is -0.127. The van der Waals surface area contributed by atoms with Gasteiger partial charge in [-0.25, -0.2) is 0 Å². The van der Waals surface area contributed by atoms with Gasteiger partial charge in [0.1, 0.15) is 0 Å². The molecule has 2 fully saturated rings. The molecule has 2 bridgehead atoms. The molecule has 0 radical (unpaired) electrons. The van der Waals surface area contributed by atoms with E-state index in [9.17, 15) is 4.79 Å². The normalized spacial score (nSPS) is 26.9. The van der Waals surface area contributed by atoms with Crippen LogP contribution in [-0.4, -0.2) is 47.6 Å². The summed E-state index contributed by atoms with van der Waals surface area (Å²) < 4.78 is 2.46. The van der Waals surface area contributed by atoms with E-state index in [1.165, 1.54) is 35.0 Å². The summed E-state index contributed by atoms with van der Waals surface area (Å²) in [6, 6.07) is 7.61. The molecule has 4 unspecified atom stereocenters. The van der Waals surface area contributed by atoms with Crippen molar-refractivity contribution in [1.82, 2.24) is 20.1 Å². The van der Waals surface area contributed by atoms with Crippen molar-refractivity contribution in [2.45, 2.75) is 70.6 Å². The van der Waals surface area contributed by atoms with Gasteiger partial charge < -0.3 is 15.2 Å². The first-order valence-corrected chi connectivity index (χ1v) is 12.4. The highest BCUT2D eigenvalue weighted by Crippen LogP contribution is 2.47. The minimum atomic E-state index is -0.0467. The predicted octanol–water partition coefficient (Wildman–Crippen LogP) is 4.13. The maximum atomic E-state index is 13.3. The summed E-state index contributed by atoms with van der Waals surface area (Å²) in [6.07, 6.45) is 5.72. The van der Waals surface area contributed by atoms with Gasteiger partial charge in [-0.05, 0) is 69.0 Å². The fraction of sp³-hybridized carbons (Fsp3) is 0.640. The van der Waals surface area contributed by atoms with Gasteiger partial charge in [-0.15, -0.1) is 0 Å². The van der Waals surface area contributed by atoms with Crippen molar-refractivity contribution in [3.05, 3.63) is 34.5 Å². The Morgan fingerprint density at radius 2 is 2.13 bits per heavy atom. The Kier molecular flexibility index (Phi) is 5.78. The van der Waals surface area contributed by atoms with Crippen LogP contribution in [0.2, 0.25) is 5.02 Å². The minimum Gasteiger partial charge on any atom is -0.352 e. The van der Waals surface area contributed by atoms with Crippen LogP contribution in [0.1, 0.15) is 56.8 Å². The molecule has 0 aliphatic carbocycles. The molecule has 3 aliphatic heterocycles. The SMILES string of the molecule is CC(C)C(Cn1c2c(c3cc(Cl)ccc31)C1CCC(C2)N1C)C(=O)NC1CCCNC1. The van der Waals surface area contributed by atoms with Crippen molar-refractivity contribution < 1.29 is 4.79 Å². The monoisotopic (exact) mass is 442 g/mol. The van der Waals surface area contributed by atoms with Crippen molar-refractivity contribution in [3.63, 3.8) is 0 Å². The Morgan fingerprint density at radius 1 is 1.29 bits per heavy atom. The highest BCUT2D eigenvalue weighted by atomic mass is 35.5. The molecule has 168 valence electrons. The molecule has 0 spiro atoms. The van der Waals surface area contributed by atoms with Gasteiger partial charge in [-0.1, -0.05) is 25.4 Å². The van der Waals surface area contributed by atoms with E-state index < -0.39 is 0 Å². The van der Waals surface area contributed by atoms with E-state index in [-0.39, 0.29) is 23.8 Å². The zero-order valence-electron chi connectivity index (χ0n) is 19.0. The second-order valence-electron chi connectivity index (χ2n) is 10.2. The Labute approximate surface area is 190 Å². The van der Waals surface area contributed by atoms with Crippen LogP contribution < -0.4 is 10.6 Å². The van der Waals surface area contributed by atoms with Crippen LogP contribution in [-0.2, 0) is 17.8 Å². The number of fused-ring (bicyclic) bond motifs is 6. The maximum Gasteiger partial charge on any atom is 0.225 e. The van der Waals surface area contributed by atoms with E-state index in [1.807, 2.05) is 6.07 Å². The third-order valence-corrected chi connectivity index (χ3v) is 8.18. The minimum absolute atomic E-state index is 0.0467. The summed E-state index contributed by atoms with van der Waals surface area (Å²) in [7, 11) is 2.27. The van der Waals surface area contributed by atoms with Crippen LogP contribution in [0.15, 0.2) is 18.2 Å². The van der Waals surface area contributed by atoms with Crippen LogP contribution >= 0.6 is 11.6 Å². The lowest BCUT2D eigenvalue weighted by Gasteiger charge is -2.33. The van der Waals surface area contributed by atoms with Gasteiger partial charge in [0.2, 0.25) is 5.91 Å². The zero-order chi connectivity index (χ0) is 21.7. The molecule has 2 aromatic rings. The summed E-state index contributed by atoms with van der Waals surface area (Å²) in [5.41, 5.74) is 4.11. The highest BCUT2D eigenvalue weighted by Gasteiger charge is 2.41. The van der Waals surface area contributed by atoms with Crippen LogP contribution in [0.25, 0.3) is 10.9 Å². The average Bonchev–Trinajstić information content (AvgIpc) is 3.15. The zero-order valence-corrected chi connectivity index (χ0v) is 19.7. The van der Waals surface area contributed by atoms with Crippen molar-refractivity contribution in [1.29, 1.82) is 0 Å². The number of likely N-dealkylation sites (N-methyl/N-ethyl adjacent to an activating group) is 1. The lowest BCUT2D eigenvalue weighted by Crippen LogP contribution is -2.48. The lowest BCUT2D eigenvalue weighted by atomic mass is 9.93. The van der Waals surface area contributed by atoms with Gasteiger partial charge in [0.15, 0.2) is 0 Å². The summed E-state index contributed by atoms with van der Waals surface area (Å²) in [4.78, 5) is 15.9. The van der Waals surface area contributed by atoms with E-state index in [2.05, 4.69) is 53.1 Å². The first kappa shape index (κ1) is 21.3. The number of hydrogen-bond donors (Lipinski definition) is 2. The topological polar surface area (TPSA) is 49.3 Å². The molecule has 31 heavy (non-hydrogen) atoms. The highest BCUT2D eigenvalue weighted by molar-refractivity contribution is 6.31. The number of carbonyl (C=O) groups is 1. The number of nitrogens with one attached hydrogen (secondary N) is 2. The number of hydrogen-bond acceptors (Lipinski definition) is 3. The quantitative estimate of drug-likeness (QED) is 0.732. The summed E-state index contributed by atoms with van der Waals surface area (Å²) in [5.74, 6) is 0.429. The summed E-state index contributed by atoms with van der Waals surface area (Å²) in [5, 5.41) is 8.82. The second-order valence-corrected chi connectivity index (χ2v) is 10.6. The molecule has 0 saturated carbocycles. The maximum absolute atomic E-state index is 13.3. The summed E-state index contributed by atoms with van der Waals surface area (Å²) in [6.45, 7) is 7.03. The number of halogens is 1. The van der Waals surface area contributed by atoms with Crippen LogP contribution in [0, 0.1) is 11.8 Å². The van der Waals surface area contributed by atoms with E-state index in [4.69, 9.17) is 11.6 Å². The van der Waals surface area contributed by atoms with Crippen LogP contribution in [0.3, 0.4) is 0 Å². The van der Waals surface area contributed by atoms with Gasteiger partial charge in [0.05, 0.1) is 5.92 Å². The second kappa shape index (κ2) is 8.42. The molecule has 2 N–H and O–H groups in total. The number of rotatable bonds is 5. The number of benzene rings is 1. The van der Waals surface area contributed by atoms with E-state index in [0.717, 1.165) is 43.9 Å². The number of carbonyl (C=O) groups excluding carboxylic acids is 1. The fourth-order valence-corrected chi connectivity index (χ4v) is 6.28. The van der Waals surface area contributed by atoms with Gasteiger partial charge in [-0.2, -0.15) is 0 Å². The molecule has 1 aromatic carbocycles. The van der Waals surface area contributed by atoms with Gasteiger partial charge in [-0.3, -0.25) is 9.69 Å². The van der Waals surface area contributed by atoms with Crippen LogP contribution in [0.5, 0.6) is 0 Å². The average molecular weight is 443 g/mol. The number of amides is 1. The molecule has 5 rings (SSSR count). The predicted molar refractivity (Wildman–Crippen MR) is 127 cm³/mol. The number of nitrogens with zero attached hydrogens (tertiary/aromatic N) is 2. The standard InChI is InChI=1S/C25H35ClN4O/c1-15(2)20(25(31)28-17-5-4-10-27-13-17)14-30-21-8-6-16(26)11-19(21)24-22-9-7-18(29(22)3)12-23(24)30/h6,8,11,15,17-18,20,22,27H,4-5,7,9-10,12-14H2,1-3H3,(H,28,31). The van der Waals surface area contributed by atoms with E-state index >= 15 is 0 Å². The van der Waals surface area contributed by atoms with Gasteiger partial charge in [0, 0.05) is 59.3 Å². The molecule has 5 nitrogen and oxygen atoms in total. The molecule has 3 aliphatic rings. The molecule has 4 atom stereocenters. The largest absolute Gasteiger partial charge is 0.352 e. The summed E-state index contributed by atoms with van der Waals surface area (Å²) >= 11 is 6.43. The van der Waals surface area contributed by atoms with Gasteiger partial charge in [0.25, 0.3) is 0 Å². The molecular formula is C25H35ClN4O. The van der Waals surface area contributed by atoms with Crippen LogP contribution in [0.4, 0.5) is 0 Å². The Hall–Kier alpha value is -1.56. The van der Waals surface area contributed by atoms with Crippen molar-refractivity contribution in [2.75, 3.05) is 20.1 Å². The molecule has 2 saturated heterocycles. The molecule has 1 amide bonds. The van der Waals surface area contributed by atoms with Crippen molar-refractivity contribution in [2.24, 2.45) is 11.8 Å². The molecular weight excluding hydrogens is 408 g/mol. The van der Waals surface area contributed by atoms with E-state index in [0.29, 0.717) is 12.1 Å². The third-order valence-electron chi connectivity index (χ3n) is 7.94. The smallest absolute Gasteiger partial charge is 0.225 e. The first-order valence-electron chi connectivity index (χ1n) is 12.0. The molecule has 1 aromatic heterocycles. The van der Waals surface area contributed by atoms with Crippen molar-refractivity contribution >= 4 is 28.4 Å². The Balaban J connectivity index is 1.50. The van der Waals surface area contributed by atoms with Gasteiger partial charge >= 0.3 is 0 Å². The fourth-order valence-electron chi connectivity index (χ4n) is 6.11. The number of aromatic nitrogens is 1. The van der Waals surface area contributed by atoms with Crippen molar-refractivity contribution in [3.8, 4) is 0 Å². The van der Waals surface area contributed by atoms with E-state index in [1.54, 1.807) is 0 Å². The molecule has 4 heterocycles. The third kappa shape index (κ3) is 3.79. The Morgan fingerprint density at radius 3 is 2.87 bits per heavy atom.